The molecule has 0 N–H and O–H groups in total. The van der Waals surface area contributed by atoms with Crippen LogP contribution in [0.5, 0.6) is 0 Å². The second-order valence-corrected chi connectivity index (χ2v) is 16.1. The molecule has 0 atom stereocenters. The molecule has 4 heterocycles. The fourth-order valence-electron chi connectivity index (χ4n) is 9.46. The van der Waals surface area contributed by atoms with Gasteiger partial charge in [0.25, 0.3) is 0 Å². The normalized spacial score (nSPS) is 11.8. The predicted octanol–water partition coefficient (Wildman–Crippen LogP) is 14.2. The van der Waals surface area contributed by atoms with E-state index in [4.69, 9.17) is 24.9 Å². The highest BCUT2D eigenvalue weighted by atomic mass is 15.1. The molecular formula is C57H34N6. The molecule has 6 nitrogen and oxygen atoms in total. The Kier molecular flexibility index (Phi) is 7.80. The van der Waals surface area contributed by atoms with Crippen molar-refractivity contribution in [2.24, 2.45) is 0 Å². The van der Waals surface area contributed by atoms with Crippen LogP contribution in [-0.4, -0.2) is 29.3 Å². The Morgan fingerprint density at radius 1 is 0.302 bits per heavy atom. The van der Waals surface area contributed by atoms with Crippen LogP contribution in [0.1, 0.15) is 0 Å². The van der Waals surface area contributed by atoms with E-state index in [-0.39, 0.29) is 0 Å². The fourth-order valence-corrected chi connectivity index (χ4v) is 9.46. The van der Waals surface area contributed by atoms with Crippen LogP contribution in [0.4, 0.5) is 0 Å². The van der Waals surface area contributed by atoms with E-state index in [1.807, 2.05) is 24.4 Å². The Labute approximate surface area is 361 Å². The number of hydrogen-bond acceptors (Lipinski definition) is 5. The van der Waals surface area contributed by atoms with Crippen LogP contribution in [0.15, 0.2) is 206 Å². The summed E-state index contributed by atoms with van der Waals surface area (Å²) in [6.07, 6.45) is 2.03. The Morgan fingerprint density at radius 2 is 0.778 bits per heavy atom. The second-order valence-electron chi connectivity index (χ2n) is 16.1. The van der Waals surface area contributed by atoms with Crippen molar-refractivity contribution in [1.82, 2.24) is 29.3 Å². The van der Waals surface area contributed by atoms with Crippen molar-refractivity contribution >= 4 is 70.7 Å². The van der Waals surface area contributed by atoms with E-state index in [0.29, 0.717) is 17.5 Å². The summed E-state index contributed by atoms with van der Waals surface area (Å²) < 4.78 is 2.07. The lowest BCUT2D eigenvalue weighted by Crippen LogP contribution is -2.01. The zero-order chi connectivity index (χ0) is 41.4. The van der Waals surface area contributed by atoms with Gasteiger partial charge in [-0.05, 0) is 90.6 Å². The molecule has 292 valence electrons. The molecule has 0 unspecified atom stereocenters. The highest BCUT2D eigenvalue weighted by Gasteiger charge is 2.20. The molecule has 6 heteroatoms. The van der Waals surface area contributed by atoms with Gasteiger partial charge in [-0.3, -0.25) is 4.40 Å². The molecule has 0 amide bonds. The zero-order valence-corrected chi connectivity index (χ0v) is 33.8. The number of aromatic nitrogens is 6. The van der Waals surface area contributed by atoms with Gasteiger partial charge in [-0.2, -0.15) is 0 Å². The Balaban J connectivity index is 1.01. The van der Waals surface area contributed by atoms with Gasteiger partial charge in [0.2, 0.25) is 0 Å². The maximum Gasteiger partial charge on any atom is 0.165 e. The lowest BCUT2D eigenvalue weighted by Gasteiger charge is -2.14. The van der Waals surface area contributed by atoms with Crippen LogP contribution in [0.25, 0.3) is 127 Å². The van der Waals surface area contributed by atoms with Gasteiger partial charge in [-0.25, -0.2) is 24.9 Å². The summed E-state index contributed by atoms with van der Waals surface area (Å²) in [7, 11) is 0. The van der Waals surface area contributed by atoms with E-state index in [1.54, 1.807) is 0 Å². The summed E-state index contributed by atoms with van der Waals surface area (Å²) in [5.41, 5.74) is 9.49. The standard InChI is InChI=1S/C57H34N6/c1-3-21-41-37(15-1)33-49(45-25-7-5-23-43(41)45)55-60-54(61-56(62-55)50-34-38-16-2-4-22-42(38)44-24-6-8-26-46(44)50)40-20-14-18-36(32-40)35-17-13-19-39(31-35)52-47-27-9-10-28-48(47)53-57(59-52)63-30-12-11-29-51(63)58-53/h1-34H. The van der Waals surface area contributed by atoms with Crippen molar-refractivity contribution in [3.05, 3.63) is 206 Å². The maximum atomic E-state index is 5.37. The largest absolute Gasteiger partial charge is 0.284 e. The van der Waals surface area contributed by atoms with E-state index < -0.39 is 0 Å². The third-order valence-electron chi connectivity index (χ3n) is 12.4. The minimum absolute atomic E-state index is 0.605. The average molecular weight is 803 g/mol. The summed E-state index contributed by atoms with van der Waals surface area (Å²) in [6.45, 7) is 0. The summed E-state index contributed by atoms with van der Waals surface area (Å²) in [5.74, 6) is 1.86. The Hall–Kier alpha value is -8.61. The lowest BCUT2D eigenvalue weighted by atomic mass is 9.95. The fraction of sp³-hybridized carbons (Fsp3) is 0. The molecule has 4 aromatic heterocycles. The molecule has 0 radical (unpaired) electrons. The molecule has 0 bridgehead atoms. The van der Waals surface area contributed by atoms with Crippen molar-refractivity contribution in [3.63, 3.8) is 0 Å². The third-order valence-corrected chi connectivity index (χ3v) is 12.4. The van der Waals surface area contributed by atoms with Crippen molar-refractivity contribution < 1.29 is 0 Å². The van der Waals surface area contributed by atoms with Gasteiger partial charge in [0.05, 0.1) is 5.69 Å². The minimum Gasteiger partial charge on any atom is -0.284 e. The molecule has 0 aliphatic heterocycles. The number of pyridine rings is 2. The van der Waals surface area contributed by atoms with Crippen LogP contribution in [-0.2, 0) is 0 Å². The van der Waals surface area contributed by atoms with Gasteiger partial charge in [0, 0.05) is 39.2 Å². The van der Waals surface area contributed by atoms with Crippen LogP contribution in [0, 0.1) is 0 Å². The van der Waals surface area contributed by atoms with Gasteiger partial charge in [0.15, 0.2) is 23.1 Å². The van der Waals surface area contributed by atoms with E-state index in [9.17, 15) is 0 Å². The summed E-state index contributed by atoms with van der Waals surface area (Å²) in [5, 5.41) is 11.3. The lowest BCUT2D eigenvalue weighted by molar-refractivity contribution is 1.08. The molecule has 0 saturated heterocycles. The van der Waals surface area contributed by atoms with Crippen LogP contribution in [0.3, 0.4) is 0 Å². The number of hydrogen-bond donors (Lipinski definition) is 0. The van der Waals surface area contributed by atoms with Crippen LogP contribution >= 0.6 is 0 Å². The molecule has 13 aromatic rings. The van der Waals surface area contributed by atoms with Crippen molar-refractivity contribution in [3.8, 4) is 56.5 Å². The minimum atomic E-state index is 0.605. The first kappa shape index (κ1) is 35.2. The topological polar surface area (TPSA) is 68.9 Å². The van der Waals surface area contributed by atoms with Gasteiger partial charge in [-0.1, -0.05) is 164 Å². The molecular weight excluding hydrogens is 769 g/mol. The van der Waals surface area contributed by atoms with Crippen molar-refractivity contribution in [2.45, 2.75) is 0 Å². The van der Waals surface area contributed by atoms with E-state index in [0.717, 1.165) is 99.0 Å². The van der Waals surface area contributed by atoms with Gasteiger partial charge < -0.3 is 0 Å². The monoisotopic (exact) mass is 802 g/mol. The summed E-state index contributed by atoms with van der Waals surface area (Å²) in [6, 6.07) is 70.3. The molecule has 0 spiro atoms. The Morgan fingerprint density at radius 3 is 1.41 bits per heavy atom. The first-order valence-corrected chi connectivity index (χ1v) is 21.2. The quantitative estimate of drug-likeness (QED) is 0.162. The van der Waals surface area contributed by atoms with Crippen LogP contribution in [0.2, 0.25) is 0 Å². The highest BCUT2D eigenvalue weighted by molar-refractivity contribution is 6.15. The smallest absolute Gasteiger partial charge is 0.165 e. The summed E-state index contributed by atoms with van der Waals surface area (Å²) >= 11 is 0. The zero-order valence-electron chi connectivity index (χ0n) is 33.8. The summed E-state index contributed by atoms with van der Waals surface area (Å²) in [4.78, 5) is 26.3. The van der Waals surface area contributed by atoms with E-state index in [1.165, 1.54) is 10.8 Å². The molecule has 0 aliphatic carbocycles. The third kappa shape index (κ3) is 5.69. The van der Waals surface area contributed by atoms with Gasteiger partial charge in [-0.15, -0.1) is 0 Å². The maximum absolute atomic E-state index is 5.37. The molecule has 0 saturated carbocycles. The SMILES string of the molecule is c1cc(-c2cccc(-c3nc4c(nc5ccccn54)c4ccccc34)c2)cc(-c2nc(-c3cc4ccccc4c4ccccc34)nc(-c3cc4ccccc4c4ccccc34)n2)c1. The Bertz CT molecular complexity index is 3860. The highest BCUT2D eigenvalue weighted by Crippen LogP contribution is 2.39. The van der Waals surface area contributed by atoms with E-state index in [2.05, 4.69) is 186 Å². The molecule has 13 rings (SSSR count). The van der Waals surface area contributed by atoms with Crippen molar-refractivity contribution in [1.29, 1.82) is 0 Å². The molecule has 0 fully saturated rings. The molecule has 63 heavy (non-hydrogen) atoms. The second kappa shape index (κ2) is 14.0. The molecule has 0 aliphatic rings. The number of imidazole rings is 1. The van der Waals surface area contributed by atoms with Gasteiger partial charge in [0.1, 0.15) is 11.2 Å². The first-order chi connectivity index (χ1) is 31.2. The predicted molar refractivity (Wildman–Crippen MR) is 259 cm³/mol. The number of fused-ring (bicyclic) bond motifs is 11. The van der Waals surface area contributed by atoms with Crippen LogP contribution < -0.4 is 0 Å². The van der Waals surface area contributed by atoms with E-state index >= 15 is 0 Å². The van der Waals surface area contributed by atoms with Crippen molar-refractivity contribution in [2.75, 3.05) is 0 Å². The average Bonchev–Trinajstić information content (AvgIpc) is 3.74. The number of rotatable bonds is 5. The molecule has 9 aromatic carbocycles. The number of benzene rings is 9. The first-order valence-electron chi connectivity index (χ1n) is 21.2. The number of nitrogens with zero attached hydrogens (tertiary/aromatic N) is 6. The van der Waals surface area contributed by atoms with Gasteiger partial charge >= 0.3 is 0 Å².